The van der Waals surface area contributed by atoms with Gasteiger partial charge in [-0.2, -0.15) is 0 Å². The number of rotatable bonds is 8. The van der Waals surface area contributed by atoms with Crippen molar-refractivity contribution < 1.29 is 0 Å². The van der Waals surface area contributed by atoms with Crippen molar-refractivity contribution in [3.63, 3.8) is 0 Å². The van der Waals surface area contributed by atoms with E-state index in [0.717, 1.165) is 25.9 Å². The van der Waals surface area contributed by atoms with Gasteiger partial charge in [-0.15, -0.1) is 0 Å². The highest BCUT2D eigenvalue weighted by Crippen LogP contribution is 2.37. The van der Waals surface area contributed by atoms with Crippen LogP contribution in [0.15, 0.2) is 133 Å². The maximum atomic E-state index is 2.47. The first-order valence-corrected chi connectivity index (χ1v) is 18.0. The lowest BCUT2D eigenvalue weighted by atomic mass is 9.90. The van der Waals surface area contributed by atoms with Gasteiger partial charge >= 0.3 is 0 Å². The van der Waals surface area contributed by atoms with Crippen LogP contribution in [0.2, 0.25) is 0 Å². The molecule has 0 radical (unpaired) electrons. The molecular weight excluding hydrogens is 605 g/mol. The van der Waals surface area contributed by atoms with Crippen molar-refractivity contribution in [1.82, 2.24) is 9.13 Å². The number of hydrogen-bond acceptors (Lipinski definition) is 0. The van der Waals surface area contributed by atoms with Gasteiger partial charge in [-0.1, -0.05) is 135 Å². The number of hydrogen-bond donors (Lipinski definition) is 0. The number of aryl methyl sites for hydroxylation is 2. The molecule has 0 saturated carbocycles. The van der Waals surface area contributed by atoms with Crippen molar-refractivity contribution in [2.45, 2.75) is 39.8 Å². The quantitative estimate of drug-likeness (QED) is 0.115. The molecule has 0 atom stereocenters. The normalized spacial score (nSPS) is 12.4. The molecule has 0 amide bonds. The highest BCUT2D eigenvalue weighted by molar-refractivity contribution is 6.15. The molecule has 0 saturated heterocycles. The third-order valence-electron chi connectivity index (χ3n) is 10.4. The molecule has 242 valence electrons. The summed E-state index contributed by atoms with van der Waals surface area (Å²) >= 11 is 0. The van der Waals surface area contributed by atoms with E-state index in [-0.39, 0.29) is 0 Å². The Balaban J connectivity index is 1.15. The molecule has 9 aromatic rings. The standard InChI is InChI=1S/C48H40N2/c1-3-29-49-45-19-11-9-17-41(45)43-31-33(23-27-47(43)49)21-25-39-35-13-5-7-15-37(35)40(38-16-8-6-14-36(38)39)26-22-34-24-28-48-44(32-34)42-18-10-12-20-46(42)50(48)30-4-2/h5-28,31-32H,3-4,29-30H2,1-2H3/b25-21+,26-22+. The van der Waals surface area contributed by atoms with E-state index in [0.29, 0.717) is 0 Å². The van der Waals surface area contributed by atoms with Crippen LogP contribution in [0.3, 0.4) is 0 Å². The number of nitrogens with zero attached hydrogens (tertiary/aromatic N) is 2. The Kier molecular flexibility index (Phi) is 7.58. The van der Waals surface area contributed by atoms with E-state index < -0.39 is 0 Å². The predicted molar refractivity (Wildman–Crippen MR) is 219 cm³/mol. The largest absolute Gasteiger partial charge is 0.340 e. The number of aromatic nitrogens is 2. The lowest BCUT2D eigenvalue weighted by Gasteiger charge is -2.13. The van der Waals surface area contributed by atoms with Crippen molar-refractivity contribution in [2.24, 2.45) is 0 Å². The third-order valence-corrected chi connectivity index (χ3v) is 10.4. The molecule has 50 heavy (non-hydrogen) atoms. The Morgan fingerprint density at radius 2 is 0.700 bits per heavy atom. The fraction of sp³-hybridized carbons (Fsp3) is 0.125. The van der Waals surface area contributed by atoms with E-state index in [4.69, 9.17) is 0 Å². The van der Waals surface area contributed by atoms with Gasteiger partial charge in [0.1, 0.15) is 0 Å². The SMILES string of the molecule is CCCn1c2ccccc2c2cc(/C=C/c3c4ccccc4c(/C=C/c4ccc5c(c4)c4ccccc4n5CCC)c4ccccc34)ccc21. The highest BCUT2D eigenvalue weighted by Gasteiger charge is 2.13. The van der Waals surface area contributed by atoms with Gasteiger partial charge in [0.15, 0.2) is 0 Å². The average Bonchev–Trinajstić information content (AvgIpc) is 3.65. The molecule has 2 nitrogen and oxygen atoms in total. The second-order valence-corrected chi connectivity index (χ2v) is 13.5. The monoisotopic (exact) mass is 644 g/mol. The van der Waals surface area contributed by atoms with Crippen LogP contribution in [0.25, 0.3) is 89.5 Å². The summed E-state index contributed by atoms with van der Waals surface area (Å²) in [5.41, 5.74) is 10.2. The van der Waals surface area contributed by atoms with Gasteiger partial charge in [0, 0.05) is 56.7 Å². The highest BCUT2D eigenvalue weighted by atomic mass is 15.0. The molecule has 0 spiro atoms. The number of benzene rings is 7. The van der Waals surface area contributed by atoms with Crippen molar-refractivity contribution in [2.75, 3.05) is 0 Å². The van der Waals surface area contributed by atoms with Gasteiger partial charge in [0.05, 0.1) is 0 Å². The van der Waals surface area contributed by atoms with Crippen molar-refractivity contribution in [3.05, 3.63) is 156 Å². The fourth-order valence-electron chi connectivity index (χ4n) is 8.19. The van der Waals surface area contributed by atoms with Crippen LogP contribution < -0.4 is 0 Å². The summed E-state index contributed by atoms with van der Waals surface area (Å²) in [6.07, 6.45) is 11.5. The smallest absolute Gasteiger partial charge is 0.0491 e. The van der Waals surface area contributed by atoms with Crippen LogP contribution in [-0.2, 0) is 13.1 Å². The third kappa shape index (κ3) is 4.94. The van der Waals surface area contributed by atoms with E-state index in [1.54, 1.807) is 0 Å². The Hall–Kier alpha value is -5.86. The molecule has 2 heterocycles. The molecule has 2 aromatic heterocycles. The maximum absolute atomic E-state index is 2.47. The van der Waals surface area contributed by atoms with Gasteiger partial charge in [-0.25, -0.2) is 0 Å². The first-order valence-electron chi connectivity index (χ1n) is 18.0. The van der Waals surface area contributed by atoms with Crippen molar-refractivity contribution in [1.29, 1.82) is 0 Å². The zero-order valence-electron chi connectivity index (χ0n) is 28.7. The second kappa shape index (κ2) is 12.5. The van der Waals surface area contributed by atoms with Crippen LogP contribution >= 0.6 is 0 Å². The molecule has 0 bridgehead atoms. The topological polar surface area (TPSA) is 9.86 Å². The van der Waals surface area contributed by atoms with E-state index in [2.05, 4.69) is 181 Å². The summed E-state index contributed by atoms with van der Waals surface area (Å²) in [7, 11) is 0. The minimum Gasteiger partial charge on any atom is -0.340 e. The van der Waals surface area contributed by atoms with Crippen LogP contribution in [-0.4, -0.2) is 9.13 Å². The van der Waals surface area contributed by atoms with Crippen molar-refractivity contribution in [3.8, 4) is 0 Å². The van der Waals surface area contributed by atoms with Crippen LogP contribution in [0.5, 0.6) is 0 Å². The Bertz CT molecular complexity index is 2540. The minimum absolute atomic E-state index is 1.02. The molecule has 0 unspecified atom stereocenters. The number of para-hydroxylation sites is 2. The van der Waals surface area contributed by atoms with Crippen LogP contribution in [0, 0.1) is 0 Å². The summed E-state index contributed by atoms with van der Waals surface area (Å²) in [6.45, 7) is 6.55. The summed E-state index contributed by atoms with van der Waals surface area (Å²) in [5, 5.41) is 10.3. The fourth-order valence-corrected chi connectivity index (χ4v) is 8.19. The average molecular weight is 645 g/mol. The van der Waals surface area contributed by atoms with E-state index in [9.17, 15) is 0 Å². The van der Waals surface area contributed by atoms with Gasteiger partial charge in [-0.3, -0.25) is 0 Å². The predicted octanol–water partition coefficient (Wildman–Crippen LogP) is 13.4. The molecule has 0 fully saturated rings. The van der Waals surface area contributed by atoms with Gasteiger partial charge in [-0.05, 0) is 93.0 Å². The number of fused-ring (bicyclic) bond motifs is 8. The molecule has 0 aliphatic carbocycles. The molecular formula is C48H40N2. The lowest BCUT2D eigenvalue weighted by molar-refractivity contribution is 0.724. The molecule has 7 aromatic carbocycles. The zero-order valence-corrected chi connectivity index (χ0v) is 28.7. The summed E-state index contributed by atoms with van der Waals surface area (Å²) < 4.78 is 4.93. The van der Waals surface area contributed by atoms with E-state index in [1.165, 1.54) is 87.4 Å². The van der Waals surface area contributed by atoms with Crippen molar-refractivity contribution >= 4 is 89.5 Å². The Morgan fingerprint density at radius 1 is 0.360 bits per heavy atom. The first-order chi connectivity index (χ1) is 24.7. The Morgan fingerprint density at radius 3 is 1.08 bits per heavy atom. The second-order valence-electron chi connectivity index (χ2n) is 13.5. The summed E-state index contributed by atoms with van der Waals surface area (Å²) in [5.74, 6) is 0. The molecule has 0 aliphatic heterocycles. The summed E-state index contributed by atoms with van der Waals surface area (Å²) in [6, 6.07) is 49.2. The first kappa shape index (κ1) is 30.2. The maximum Gasteiger partial charge on any atom is 0.0491 e. The molecule has 0 aliphatic rings. The molecule has 9 rings (SSSR count). The zero-order chi connectivity index (χ0) is 33.6. The van der Waals surface area contributed by atoms with Gasteiger partial charge < -0.3 is 9.13 Å². The van der Waals surface area contributed by atoms with E-state index in [1.807, 2.05) is 0 Å². The summed E-state index contributed by atoms with van der Waals surface area (Å²) in [4.78, 5) is 0. The van der Waals surface area contributed by atoms with Gasteiger partial charge in [0.25, 0.3) is 0 Å². The van der Waals surface area contributed by atoms with Crippen LogP contribution in [0.4, 0.5) is 0 Å². The Labute approximate surface area is 293 Å². The molecule has 2 heteroatoms. The lowest BCUT2D eigenvalue weighted by Crippen LogP contribution is -1.95. The van der Waals surface area contributed by atoms with Gasteiger partial charge in [0.2, 0.25) is 0 Å². The van der Waals surface area contributed by atoms with E-state index >= 15 is 0 Å². The minimum atomic E-state index is 1.02. The molecule has 0 N–H and O–H groups in total. The van der Waals surface area contributed by atoms with Crippen LogP contribution in [0.1, 0.15) is 48.9 Å².